The second-order valence-corrected chi connectivity index (χ2v) is 6.86. The number of nitrogens with zero attached hydrogens (tertiary/aromatic N) is 2. The fraction of sp³-hybridized carbons (Fsp3) is 0.500. The largest absolute Gasteiger partial charge is 0.388 e. The molecule has 0 spiro atoms. The third-order valence-electron chi connectivity index (χ3n) is 4.53. The molecule has 1 aromatic carbocycles. The van der Waals surface area contributed by atoms with Crippen LogP contribution in [-0.2, 0) is 17.6 Å². The van der Waals surface area contributed by atoms with Gasteiger partial charge in [0.05, 0.1) is 6.04 Å². The average molecular weight is 340 g/mol. The average Bonchev–Trinajstić information content (AvgIpc) is 2.60. The molecular weight excluding hydrogens is 312 g/mol. The summed E-state index contributed by atoms with van der Waals surface area (Å²) in [6, 6.07) is 8.30. The number of nitrogens with one attached hydrogen (secondary N) is 2. The molecule has 0 aromatic heterocycles. The number of amides is 1. The molecule has 1 aliphatic rings. The topological polar surface area (TPSA) is 68.2 Å². The lowest BCUT2D eigenvalue weighted by Crippen LogP contribution is -2.29. The maximum atomic E-state index is 12.3. The van der Waals surface area contributed by atoms with Crippen molar-refractivity contribution in [1.29, 1.82) is 5.26 Å². The van der Waals surface area contributed by atoms with Crippen molar-refractivity contribution in [3.63, 3.8) is 0 Å². The molecule has 1 unspecified atom stereocenters. The highest BCUT2D eigenvalue weighted by Crippen LogP contribution is 2.24. The highest BCUT2D eigenvalue weighted by Gasteiger charge is 2.16. The van der Waals surface area contributed by atoms with Crippen LogP contribution in [0.2, 0.25) is 0 Å². The van der Waals surface area contributed by atoms with Gasteiger partial charge >= 0.3 is 0 Å². The van der Waals surface area contributed by atoms with Crippen LogP contribution < -0.4 is 10.6 Å². The smallest absolute Gasteiger partial charge is 0.263 e. The summed E-state index contributed by atoms with van der Waals surface area (Å²) in [7, 11) is 3.95. The Labute approximate surface area is 150 Å². The summed E-state index contributed by atoms with van der Waals surface area (Å²) < 4.78 is 0. The predicted molar refractivity (Wildman–Crippen MR) is 99.9 cm³/mol. The highest BCUT2D eigenvalue weighted by molar-refractivity contribution is 5.97. The van der Waals surface area contributed by atoms with E-state index in [9.17, 15) is 10.1 Å². The van der Waals surface area contributed by atoms with Gasteiger partial charge in [-0.3, -0.25) is 4.79 Å². The van der Waals surface area contributed by atoms with Gasteiger partial charge in [0, 0.05) is 19.3 Å². The van der Waals surface area contributed by atoms with E-state index >= 15 is 0 Å². The molecule has 5 nitrogen and oxygen atoms in total. The van der Waals surface area contributed by atoms with Crippen LogP contribution in [0.4, 0.5) is 0 Å². The maximum absolute atomic E-state index is 12.3. The maximum Gasteiger partial charge on any atom is 0.263 e. The summed E-state index contributed by atoms with van der Waals surface area (Å²) in [4.78, 5) is 14.4. The fourth-order valence-corrected chi connectivity index (χ4v) is 2.99. The van der Waals surface area contributed by atoms with Crippen LogP contribution in [-0.4, -0.2) is 38.0 Å². The minimum Gasteiger partial charge on any atom is -0.388 e. The van der Waals surface area contributed by atoms with Gasteiger partial charge in [0.1, 0.15) is 11.6 Å². The number of hydrogen-bond donors (Lipinski definition) is 2. The summed E-state index contributed by atoms with van der Waals surface area (Å²) >= 11 is 0. The molecule has 0 bridgehead atoms. The lowest BCUT2D eigenvalue weighted by molar-refractivity contribution is -0.117. The monoisotopic (exact) mass is 340 g/mol. The van der Waals surface area contributed by atoms with Gasteiger partial charge in [-0.05, 0) is 63.4 Å². The number of carbonyl (C=O) groups is 1. The van der Waals surface area contributed by atoms with Crippen molar-refractivity contribution in [1.82, 2.24) is 15.5 Å². The van der Waals surface area contributed by atoms with Crippen LogP contribution in [0.3, 0.4) is 0 Å². The van der Waals surface area contributed by atoms with E-state index in [-0.39, 0.29) is 17.5 Å². The van der Waals surface area contributed by atoms with Crippen LogP contribution >= 0.6 is 0 Å². The Morgan fingerprint density at radius 1 is 1.32 bits per heavy atom. The zero-order chi connectivity index (χ0) is 18.2. The molecule has 0 fully saturated rings. The molecule has 1 aliphatic carbocycles. The summed E-state index contributed by atoms with van der Waals surface area (Å²) in [5.41, 5.74) is 4.01. The molecule has 1 atom stereocenters. The molecule has 25 heavy (non-hydrogen) atoms. The van der Waals surface area contributed by atoms with E-state index in [4.69, 9.17) is 0 Å². The van der Waals surface area contributed by atoms with Gasteiger partial charge in [-0.1, -0.05) is 18.2 Å². The number of rotatable bonds is 7. The fourth-order valence-electron chi connectivity index (χ4n) is 2.99. The first-order chi connectivity index (χ1) is 12.0. The molecule has 0 saturated carbocycles. The van der Waals surface area contributed by atoms with Gasteiger partial charge in [0.2, 0.25) is 0 Å². The van der Waals surface area contributed by atoms with Crippen molar-refractivity contribution in [2.45, 2.75) is 38.6 Å². The number of fused-ring (bicyclic) bond motifs is 1. The second kappa shape index (κ2) is 9.24. The molecule has 5 heteroatoms. The van der Waals surface area contributed by atoms with E-state index in [1.54, 1.807) is 0 Å². The van der Waals surface area contributed by atoms with E-state index in [1.165, 1.54) is 30.2 Å². The van der Waals surface area contributed by atoms with Crippen molar-refractivity contribution in [2.24, 2.45) is 0 Å². The minimum atomic E-state index is -0.343. The highest BCUT2D eigenvalue weighted by atomic mass is 16.1. The predicted octanol–water partition coefficient (Wildman–Crippen LogP) is 2.30. The van der Waals surface area contributed by atoms with Gasteiger partial charge in [0.15, 0.2) is 0 Å². The molecule has 1 aromatic rings. The van der Waals surface area contributed by atoms with Gasteiger partial charge in [-0.2, -0.15) is 5.26 Å². The standard InChI is InChI=1S/C20H28N4O/c1-15(17-9-8-16-6-4-5-7-18(16)12-17)23-20(25)19(13-21)14-22-10-11-24(2)3/h8-9,12,14-15,22H,4-7,10-11H2,1-3H3,(H,23,25)/b19-14-. The van der Waals surface area contributed by atoms with E-state index in [0.717, 1.165) is 24.9 Å². The summed E-state index contributed by atoms with van der Waals surface area (Å²) in [5.74, 6) is -0.343. The Morgan fingerprint density at radius 2 is 2.04 bits per heavy atom. The first-order valence-electron chi connectivity index (χ1n) is 8.92. The lowest BCUT2D eigenvalue weighted by Gasteiger charge is -2.20. The molecule has 1 amide bonds. The van der Waals surface area contributed by atoms with Crippen molar-refractivity contribution in [2.75, 3.05) is 27.2 Å². The van der Waals surface area contributed by atoms with Gasteiger partial charge in [0.25, 0.3) is 5.91 Å². The first kappa shape index (κ1) is 19.0. The van der Waals surface area contributed by atoms with E-state index in [0.29, 0.717) is 6.54 Å². The molecule has 0 radical (unpaired) electrons. The Hall–Kier alpha value is -2.32. The second-order valence-electron chi connectivity index (χ2n) is 6.86. The Bertz CT molecular complexity index is 673. The number of carbonyl (C=O) groups excluding carboxylic acids is 1. The van der Waals surface area contributed by atoms with Crippen LogP contribution in [0.25, 0.3) is 0 Å². The third-order valence-corrected chi connectivity index (χ3v) is 4.53. The normalized spacial score (nSPS) is 15.2. The molecule has 2 rings (SSSR count). The molecule has 0 aliphatic heterocycles. The Kier molecular flexibility index (Phi) is 7.03. The van der Waals surface area contributed by atoms with Crippen LogP contribution in [0.1, 0.15) is 42.5 Å². The Morgan fingerprint density at radius 3 is 2.72 bits per heavy atom. The zero-order valence-corrected chi connectivity index (χ0v) is 15.4. The molecule has 2 N–H and O–H groups in total. The van der Waals surface area contributed by atoms with Crippen LogP contribution in [0.15, 0.2) is 30.0 Å². The summed E-state index contributed by atoms with van der Waals surface area (Å²) in [6.45, 7) is 3.48. The summed E-state index contributed by atoms with van der Waals surface area (Å²) in [6.07, 6.45) is 6.25. The molecule has 0 saturated heterocycles. The number of aryl methyl sites for hydroxylation is 2. The van der Waals surface area contributed by atoms with Crippen molar-refractivity contribution in [3.05, 3.63) is 46.7 Å². The number of nitriles is 1. The summed E-state index contributed by atoms with van der Waals surface area (Å²) in [5, 5.41) is 15.2. The van der Waals surface area contributed by atoms with E-state index in [2.05, 4.69) is 28.8 Å². The lowest BCUT2D eigenvalue weighted by atomic mass is 9.89. The van der Waals surface area contributed by atoms with E-state index in [1.807, 2.05) is 32.0 Å². The number of likely N-dealkylation sites (N-methyl/N-ethyl adjacent to an activating group) is 1. The minimum absolute atomic E-state index is 0.101. The Balaban J connectivity index is 1.96. The van der Waals surface area contributed by atoms with Gasteiger partial charge < -0.3 is 15.5 Å². The number of hydrogen-bond acceptors (Lipinski definition) is 4. The number of benzene rings is 1. The van der Waals surface area contributed by atoms with Crippen LogP contribution in [0, 0.1) is 11.3 Å². The third kappa shape index (κ3) is 5.61. The molecule has 134 valence electrons. The SMILES string of the molecule is CC(NC(=O)/C(C#N)=C\NCCN(C)C)c1ccc2c(c1)CCCC2. The zero-order valence-electron chi connectivity index (χ0n) is 15.4. The van der Waals surface area contributed by atoms with Crippen molar-refractivity contribution < 1.29 is 4.79 Å². The van der Waals surface area contributed by atoms with Crippen molar-refractivity contribution >= 4 is 5.91 Å². The van der Waals surface area contributed by atoms with Crippen LogP contribution in [0.5, 0.6) is 0 Å². The van der Waals surface area contributed by atoms with E-state index < -0.39 is 0 Å². The van der Waals surface area contributed by atoms with Gasteiger partial charge in [-0.15, -0.1) is 0 Å². The quantitative estimate of drug-likeness (QED) is 0.454. The molecular formula is C20H28N4O. The first-order valence-corrected chi connectivity index (χ1v) is 8.92. The van der Waals surface area contributed by atoms with Crippen molar-refractivity contribution in [3.8, 4) is 6.07 Å². The molecule has 0 heterocycles. The van der Waals surface area contributed by atoms with Gasteiger partial charge in [-0.25, -0.2) is 0 Å².